The topological polar surface area (TPSA) is 89.9 Å². The minimum absolute atomic E-state index is 0.0851. The van der Waals surface area contributed by atoms with Crippen molar-refractivity contribution < 1.29 is 19.8 Å². The van der Waals surface area contributed by atoms with Crippen molar-refractivity contribution >= 4 is 11.9 Å². The molecule has 1 saturated heterocycles. The van der Waals surface area contributed by atoms with E-state index in [2.05, 4.69) is 0 Å². The molecule has 0 radical (unpaired) electrons. The van der Waals surface area contributed by atoms with Crippen molar-refractivity contribution in [2.75, 3.05) is 19.7 Å². The molecule has 13 heavy (non-hydrogen) atoms. The number of carbonyl (C=O) groups excluding carboxylic acids is 2. The summed E-state index contributed by atoms with van der Waals surface area (Å²) in [6.45, 7) is 1.14. The van der Waals surface area contributed by atoms with Crippen LogP contribution in [0.25, 0.3) is 0 Å². The normalized spacial score (nSPS) is 29.0. The lowest BCUT2D eigenvalue weighted by atomic mass is 10.0. The van der Waals surface area contributed by atoms with Gasteiger partial charge in [0.1, 0.15) is 0 Å². The minimum Gasteiger partial charge on any atom is -0.395 e. The van der Waals surface area contributed by atoms with Crippen molar-refractivity contribution in [2.24, 2.45) is 0 Å². The number of hydrogen-bond acceptors (Lipinski definition) is 4. The number of nitrogens with one attached hydrogen (secondary N) is 1. The summed E-state index contributed by atoms with van der Waals surface area (Å²) in [5.41, 5.74) is -1.57. The molecule has 74 valence electrons. The Morgan fingerprint density at radius 2 is 2.23 bits per heavy atom. The fraction of sp³-hybridized carbons (Fsp3) is 0.714. The first-order valence-corrected chi connectivity index (χ1v) is 3.91. The molecule has 1 unspecified atom stereocenters. The Bertz CT molecular complexity index is 239. The second-order valence-electron chi connectivity index (χ2n) is 3.18. The number of nitrogens with zero attached hydrogens (tertiary/aromatic N) is 1. The zero-order valence-electron chi connectivity index (χ0n) is 7.28. The van der Waals surface area contributed by atoms with E-state index in [9.17, 15) is 14.7 Å². The molecule has 1 aliphatic heterocycles. The van der Waals surface area contributed by atoms with E-state index >= 15 is 0 Å². The van der Waals surface area contributed by atoms with Crippen LogP contribution in [0.15, 0.2) is 0 Å². The highest BCUT2D eigenvalue weighted by atomic mass is 16.3. The largest absolute Gasteiger partial charge is 0.395 e. The molecular weight excluding hydrogens is 176 g/mol. The second-order valence-corrected chi connectivity index (χ2v) is 3.18. The van der Waals surface area contributed by atoms with Gasteiger partial charge >= 0.3 is 6.03 Å². The van der Waals surface area contributed by atoms with Gasteiger partial charge in [-0.05, 0) is 6.92 Å². The van der Waals surface area contributed by atoms with Gasteiger partial charge in [-0.25, -0.2) is 4.79 Å². The highest BCUT2D eigenvalue weighted by Gasteiger charge is 2.40. The summed E-state index contributed by atoms with van der Waals surface area (Å²) in [5.74, 6) is -0.702. The van der Waals surface area contributed by atoms with Crippen LogP contribution in [0.3, 0.4) is 0 Å². The Labute approximate surface area is 75.1 Å². The fourth-order valence-electron chi connectivity index (χ4n) is 1.13. The van der Waals surface area contributed by atoms with E-state index in [1.165, 1.54) is 11.8 Å². The molecule has 3 amide bonds. The molecule has 0 spiro atoms. The smallest absolute Gasteiger partial charge is 0.324 e. The van der Waals surface area contributed by atoms with Crippen LogP contribution in [0.4, 0.5) is 4.79 Å². The molecule has 1 heterocycles. The Morgan fingerprint density at radius 1 is 1.62 bits per heavy atom. The average Bonchev–Trinajstić information content (AvgIpc) is 2.00. The van der Waals surface area contributed by atoms with E-state index in [4.69, 9.17) is 5.11 Å². The molecule has 3 N–H and O–H groups in total. The summed E-state index contributed by atoms with van der Waals surface area (Å²) in [7, 11) is 0. The van der Waals surface area contributed by atoms with Gasteiger partial charge in [-0.15, -0.1) is 0 Å². The maximum Gasteiger partial charge on any atom is 0.324 e. The lowest BCUT2D eigenvalue weighted by molar-refractivity contribution is -0.141. The fourth-order valence-corrected chi connectivity index (χ4v) is 1.13. The molecule has 6 heteroatoms. The van der Waals surface area contributed by atoms with Crippen LogP contribution in [0, 0.1) is 0 Å². The Hall–Kier alpha value is -1.14. The summed E-state index contributed by atoms with van der Waals surface area (Å²) in [4.78, 5) is 23.2. The Morgan fingerprint density at radius 3 is 2.77 bits per heavy atom. The molecule has 0 aromatic heterocycles. The quantitative estimate of drug-likeness (QED) is 0.481. The number of rotatable bonds is 2. The highest BCUT2D eigenvalue weighted by Crippen LogP contribution is 2.11. The molecule has 1 rings (SSSR count). The van der Waals surface area contributed by atoms with Crippen molar-refractivity contribution in [3.05, 3.63) is 0 Å². The molecule has 0 aliphatic carbocycles. The van der Waals surface area contributed by atoms with Crippen molar-refractivity contribution in [3.63, 3.8) is 0 Å². The molecule has 1 aliphatic rings. The van der Waals surface area contributed by atoms with E-state index in [0.717, 1.165) is 0 Å². The third kappa shape index (κ3) is 1.96. The lowest BCUT2D eigenvalue weighted by Crippen LogP contribution is -2.63. The first-order valence-electron chi connectivity index (χ1n) is 3.91. The van der Waals surface area contributed by atoms with E-state index in [0.29, 0.717) is 0 Å². The predicted molar refractivity (Wildman–Crippen MR) is 42.8 cm³/mol. The Kier molecular flexibility index (Phi) is 2.53. The number of β-amino-alcohol motifs (C(OH)–C–C–N with tert-alkyl or cyclic N) is 2. The van der Waals surface area contributed by atoms with E-state index in [1.54, 1.807) is 0 Å². The standard InChI is InChI=1S/C7H12N2O4/c1-7(13)4-9(2-3-10)6(12)8-5(7)11/h10,13H,2-4H2,1H3,(H,8,11,12). The average molecular weight is 188 g/mol. The summed E-state index contributed by atoms with van der Waals surface area (Å²) >= 11 is 0. The molecular formula is C7H12N2O4. The summed E-state index contributed by atoms with van der Waals surface area (Å²) in [6.07, 6.45) is 0. The van der Waals surface area contributed by atoms with Gasteiger partial charge in [0.05, 0.1) is 13.2 Å². The SMILES string of the molecule is CC1(O)CN(CCO)C(=O)NC1=O. The first-order chi connectivity index (χ1) is 5.97. The van der Waals surface area contributed by atoms with E-state index in [1.807, 2.05) is 5.32 Å². The number of imide groups is 1. The van der Waals surface area contributed by atoms with Gasteiger partial charge in [-0.1, -0.05) is 0 Å². The van der Waals surface area contributed by atoms with Gasteiger partial charge in [0, 0.05) is 6.54 Å². The lowest BCUT2D eigenvalue weighted by Gasteiger charge is -2.35. The van der Waals surface area contributed by atoms with Crippen LogP contribution in [-0.4, -0.2) is 52.3 Å². The van der Waals surface area contributed by atoms with Gasteiger partial charge in [0.2, 0.25) is 0 Å². The molecule has 0 bridgehead atoms. The minimum atomic E-state index is -1.57. The van der Waals surface area contributed by atoms with Crippen LogP contribution < -0.4 is 5.32 Å². The summed E-state index contributed by atoms with van der Waals surface area (Å²) < 4.78 is 0. The molecule has 0 saturated carbocycles. The number of amides is 3. The maximum atomic E-state index is 11.1. The second kappa shape index (κ2) is 3.31. The van der Waals surface area contributed by atoms with Crippen LogP contribution in [-0.2, 0) is 4.79 Å². The third-order valence-corrected chi connectivity index (χ3v) is 1.87. The number of aliphatic hydroxyl groups is 2. The zero-order valence-corrected chi connectivity index (χ0v) is 7.28. The molecule has 1 atom stereocenters. The van der Waals surface area contributed by atoms with Crippen LogP contribution in [0.2, 0.25) is 0 Å². The van der Waals surface area contributed by atoms with Gasteiger partial charge in [-0.2, -0.15) is 0 Å². The molecule has 0 aromatic rings. The van der Waals surface area contributed by atoms with E-state index < -0.39 is 17.5 Å². The third-order valence-electron chi connectivity index (χ3n) is 1.87. The van der Waals surface area contributed by atoms with Gasteiger partial charge in [-0.3, -0.25) is 10.1 Å². The number of carbonyl (C=O) groups is 2. The summed E-state index contributed by atoms with van der Waals surface area (Å²) in [6, 6.07) is -0.578. The van der Waals surface area contributed by atoms with Gasteiger partial charge in [0.25, 0.3) is 5.91 Å². The van der Waals surface area contributed by atoms with Crippen LogP contribution in [0.1, 0.15) is 6.92 Å². The highest BCUT2D eigenvalue weighted by molar-refractivity contribution is 6.01. The summed E-state index contributed by atoms with van der Waals surface area (Å²) in [5, 5.41) is 20.0. The van der Waals surface area contributed by atoms with Gasteiger partial charge < -0.3 is 15.1 Å². The Balaban J connectivity index is 2.70. The van der Waals surface area contributed by atoms with E-state index in [-0.39, 0.29) is 19.7 Å². The van der Waals surface area contributed by atoms with Crippen molar-refractivity contribution in [2.45, 2.75) is 12.5 Å². The maximum absolute atomic E-state index is 11.1. The molecule has 1 fully saturated rings. The van der Waals surface area contributed by atoms with Crippen molar-refractivity contribution in [1.82, 2.24) is 10.2 Å². The predicted octanol–water partition coefficient (Wildman–Crippen LogP) is -1.72. The molecule has 6 nitrogen and oxygen atoms in total. The number of hydrogen-bond donors (Lipinski definition) is 3. The van der Waals surface area contributed by atoms with Crippen LogP contribution >= 0.6 is 0 Å². The monoisotopic (exact) mass is 188 g/mol. The van der Waals surface area contributed by atoms with Crippen LogP contribution in [0.5, 0.6) is 0 Å². The number of urea groups is 1. The molecule has 0 aromatic carbocycles. The van der Waals surface area contributed by atoms with Crippen molar-refractivity contribution in [1.29, 1.82) is 0 Å². The first kappa shape index (κ1) is 9.94. The van der Waals surface area contributed by atoms with Gasteiger partial charge in [0.15, 0.2) is 5.60 Å². The number of aliphatic hydroxyl groups excluding tert-OH is 1. The van der Waals surface area contributed by atoms with Crippen molar-refractivity contribution in [3.8, 4) is 0 Å². The zero-order chi connectivity index (χ0) is 10.1.